The van der Waals surface area contributed by atoms with Crippen LogP contribution in [0.15, 0.2) is 18.2 Å². The van der Waals surface area contributed by atoms with Crippen molar-refractivity contribution in [1.82, 2.24) is 0 Å². The monoisotopic (exact) mass is 376 g/mol. The number of carbonyl (C=O) groups excluding carboxylic acids is 1. The van der Waals surface area contributed by atoms with Crippen LogP contribution >= 0.6 is 11.6 Å². The van der Waals surface area contributed by atoms with Crippen molar-refractivity contribution in [3.05, 3.63) is 34.9 Å². The van der Waals surface area contributed by atoms with Crippen LogP contribution in [-0.2, 0) is 17.1 Å². The van der Waals surface area contributed by atoms with Crippen LogP contribution < -0.4 is 0 Å². The third-order valence-electron chi connectivity index (χ3n) is 3.13. The van der Waals surface area contributed by atoms with E-state index in [1.807, 2.05) is 0 Å². The molecule has 136 valence electrons. The first-order valence-corrected chi connectivity index (χ1v) is 7.62. The van der Waals surface area contributed by atoms with Crippen molar-refractivity contribution >= 4 is 17.6 Å². The molecule has 0 aliphatic rings. The molecule has 0 fully saturated rings. The van der Waals surface area contributed by atoms with Crippen molar-refractivity contribution in [2.24, 2.45) is 0 Å². The molecular weight excluding hydrogens is 362 g/mol. The van der Waals surface area contributed by atoms with Gasteiger partial charge in [-0.1, -0.05) is 12.8 Å². The van der Waals surface area contributed by atoms with E-state index in [1.165, 1.54) is 0 Å². The minimum Gasteiger partial charge on any atom is -0.462 e. The van der Waals surface area contributed by atoms with E-state index in [2.05, 4.69) is 4.74 Å². The highest BCUT2D eigenvalue weighted by Gasteiger charge is 2.39. The summed E-state index contributed by atoms with van der Waals surface area (Å²) < 4.78 is 81.2. The zero-order chi connectivity index (χ0) is 18.4. The Labute approximate surface area is 139 Å². The molecule has 0 radical (unpaired) electrons. The number of rotatable bonds is 7. The normalized spacial score (nSPS) is 12.3. The molecule has 0 heterocycles. The van der Waals surface area contributed by atoms with E-state index in [1.54, 1.807) is 0 Å². The first-order valence-electron chi connectivity index (χ1n) is 7.09. The van der Waals surface area contributed by atoms with Gasteiger partial charge in [0, 0.05) is 5.88 Å². The van der Waals surface area contributed by atoms with E-state index in [0.29, 0.717) is 18.7 Å². The summed E-state index contributed by atoms with van der Waals surface area (Å²) in [4.78, 5) is 11.8. The molecule has 0 aliphatic carbocycles. The van der Waals surface area contributed by atoms with Crippen LogP contribution in [0, 0.1) is 0 Å². The van der Waals surface area contributed by atoms with Crippen molar-refractivity contribution in [2.45, 2.75) is 38.0 Å². The molecule has 0 aromatic heterocycles. The summed E-state index contributed by atoms with van der Waals surface area (Å²) in [5.41, 5.74) is -3.94. The van der Waals surface area contributed by atoms with Gasteiger partial charge in [-0.3, -0.25) is 0 Å². The van der Waals surface area contributed by atoms with Gasteiger partial charge in [-0.15, -0.1) is 11.6 Å². The van der Waals surface area contributed by atoms with Crippen LogP contribution in [0.2, 0.25) is 0 Å². The molecule has 0 unspecified atom stereocenters. The molecule has 24 heavy (non-hydrogen) atoms. The zero-order valence-corrected chi connectivity index (χ0v) is 13.2. The van der Waals surface area contributed by atoms with Gasteiger partial charge in [-0.05, 0) is 31.0 Å². The highest BCUT2D eigenvalue weighted by molar-refractivity contribution is 6.17. The van der Waals surface area contributed by atoms with Crippen molar-refractivity contribution in [3.8, 4) is 0 Å². The second kappa shape index (κ2) is 8.60. The highest BCUT2D eigenvalue weighted by Crippen LogP contribution is 2.36. The van der Waals surface area contributed by atoms with Crippen molar-refractivity contribution in [2.75, 3.05) is 12.5 Å². The Balaban J connectivity index is 2.87. The number of carbonyl (C=O) groups is 1. The largest absolute Gasteiger partial charge is 0.462 e. The van der Waals surface area contributed by atoms with Crippen molar-refractivity contribution in [3.63, 3.8) is 0 Å². The summed E-state index contributed by atoms with van der Waals surface area (Å²) in [6.07, 6.45) is -7.27. The second-order valence-electron chi connectivity index (χ2n) is 4.99. The lowest BCUT2D eigenvalue weighted by molar-refractivity contribution is -0.141. The number of halogens is 7. The predicted octanol–water partition coefficient (Wildman–Crippen LogP) is 5.68. The van der Waals surface area contributed by atoms with Gasteiger partial charge in [0.15, 0.2) is 0 Å². The van der Waals surface area contributed by atoms with Crippen LogP contribution in [0.25, 0.3) is 0 Å². The molecule has 0 saturated carbocycles. The quantitative estimate of drug-likeness (QED) is 0.265. The number of benzene rings is 1. The maximum absolute atomic E-state index is 12.9. The molecule has 0 bridgehead atoms. The summed E-state index contributed by atoms with van der Waals surface area (Å²) in [6.45, 7) is -0.172. The fourth-order valence-corrected chi connectivity index (χ4v) is 2.12. The third-order valence-corrected chi connectivity index (χ3v) is 3.40. The van der Waals surface area contributed by atoms with Gasteiger partial charge in [0.1, 0.15) is 0 Å². The molecule has 1 aromatic carbocycles. The Bertz CT molecular complexity index is 554. The average Bonchev–Trinajstić information content (AvgIpc) is 2.48. The minimum atomic E-state index is -4.96. The number of alkyl halides is 7. The zero-order valence-electron chi connectivity index (χ0n) is 12.4. The molecule has 1 rings (SSSR count). The lowest BCUT2D eigenvalue weighted by Gasteiger charge is -2.15. The summed E-state index contributed by atoms with van der Waals surface area (Å²) in [5, 5.41) is 0. The molecule has 0 N–H and O–H groups in total. The number of esters is 1. The summed E-state index contributed by atoms with van der Waals surface area (Å²) in [5.74, 6) is -0.954. The molecule has 0 amide bonds. The fraction of sp³-hybridized carbons (Fsp3) is 0.533. The first kappa shape index (κ1) is 20.6. The van der Waals surface area contributed by atoms with E-state index in [-0.39, 0.29) is 24.8 Å². The third kappa shape index (κ3) is 6.22. The molecule has 0 spiro atoms. The molecule has 0 atom stereocenters. The van der Waals surface area contributed by atoms with Gasteiger partial charge in [-0.25, -0.2) is 4.79 Å². The van der Waals surface area contributed by atoms with Gasteiger partial charge >= 0.3 is 18.3 Å². The molecule has 1 aromatic rings. The number of hydrogen-bond donors (Lipinski definition) is 0. The van der Waals surface area contributed by atoms with E-state index in [9.17, 15) is 31.1 Å². The van der Waals surface area contributed by atoms with Crippen LogP contribution in [0.1, 0.15) is 47.2 Å². The minimum absolute atomic E-state index is 0.165. The summed E-state index contributed by atoms with van der Waals surface area (Å²) in [7, 11) is 0. The number of unbranched alkanes of at least 4 members (excludes halogenated alkanes) is 3. The molecule has 2 nitrogen and oxygen atoms in total. The van der Waals surface area contributed by atoms with E-state index in [4.69, 9.17) is 11.6 Å². The standard InChI is InChI=1S/C15H15ClF6O2/c16-7-3-1-2-4-8-24-13(23)11-9-10(14(17,18)19)5-6-12(11)15(20,21)22/h5-6,9H,1-4,7-8H2. The second-order valence-corrected chi connectivity index (χ2v) is 5.37. The topological polar surface area (TPSA) is 26.3 Å². The number of ether oxygens (including phenoxy) is 1. The van der Waals surface area contributed by atoms with E-state index in [0.717, 1.165) is 12.8 Å². The first-order chi connectivity index (χ1) is 11.1. The highest BCUT2D eigenvalue weighted by atomic mass is 35.5. The average molecular weight is 377 g/mol. The van der Waals surface area contributed by atoms with Crippen LogP contribution in [0.4, 0.5) is 26.3 Å². The summed E-state index contributed by atoms with van der Waals surface area (Å²) >= 11 is 5.47. The Morgan fingerprint density at radius 3 is 2.12 bits per heavy atom. The Kier molecular flexibility index (Phi) is 7.38. The lowest BCUT2D eigenvalue weighted by Crippen LogP contribution is -2.17. The molecule has 0 aliphatic heterocycles. The smallest absolute Gasteiger partial charge is 0.417 e. The van der Waals surface area contributed by atoms with Gasteiger partial charge in [0.2, 0.25) is 0 Å². The fourth-order valence-electron chi connectivity index (χ4n) is 1.93. The van der Waals surface area contributed by atoms with Crippen LogP contribution in [-0.4, -0.2) is 18.5 Å². The van der Waals surface area contributed by atoms with E-state index >= 15 is 0 Å². The Hall–Kier alpha value is -1.44. The molecule has 0 saturated heterocycles. The maximum Gasteiger partial charge on any atom is 0.417 e. The lowest BCUT2D eigenvalue weighted by atomic mass is 10.0. The number of hydrogen-bond acceptors (Lipinski definition) is 2. The molecular formula is C15H15ClF6O2. The van der Waals surface area contributed by atoms with Crippen LogP contribution in [0.5, 0.6) is 0 Å². The van der Waals surface area contributed by atoms with Crippen molar-refractivity contribution < 1.29 is 35.9 Å². The Morgan fingerprint density at radius 2 is 1.58 bits per heavy atom. The van der Waals surface area contributed by atoms with E-state index < -0.39 is 35.0 Å². The van der Waals surface area contributed by atoms with Crippen LogP contribution in [0.3, 0.4) is 0 Å². The SMILES string of the molecule is O=C(OCCCCCCCl)c1cc(C(F)(F)F)ccc1C(F)(F)F. The van der Waals surface area contributed by atoms with Gasteiger partial charge < -0.3 is 4.74 Å². The molecule has 9 heteroatoms. The van der Waals surface area contributed by atoms with Gasteiger partial charge in [0.25, 0.3) is 0 Å². The maximum atomic E-state index is 12.9. The van der Waals surface area contributed by atoms with Gasteiger partial charge in [-0.2, -0.15) is 26.3 Å². The van der Waals surface area contributed by atoms with Gasteiger partial charge in [0.05, 0.1) is 23.3 Å². The Morgan fingerprint density at radius 1 is 0.958 bits per heavy atom. The summed E-state index contributed by atoms with van der Waals surface area (Å²) in [6, 6.07) is 0.685. The predicted molar refractivity (Wildman–Crippen MR) is 75.9 cm³/mol. The van der Waals surface area contributed by atoms with Crippen molar-refractivity contribution in [1.29, 1.82) is 0 Å².